The number of rotatable bonds is 3. The molecule has 0 radical (unpaired) electrons. The van der Waals surface area contributed by atoms with Crippen LogP contribution < -0.4 is 15.8 Å². The fourth-order valence-corrected chi connectivity index (χ4v) is 1.19. The van der Waals surface area contributed by atoms with Gasteiger partial charge in [-0.1, -0.05) is 12.1 Å². The van der Waals surface area contributed by atoms with Crippen molar-refractivity contribution in [3.8, 4) is 11.8 Å². The smallest absolute Gasteiger partial charge is 0.319 e. The number of imide groups is 1. The average molecular weight is 245 g/mol. The van der Waals surface area contributed by atoms with Crippen molar-refractivity contribution in [3.63, 3.8) is 0 Å². The SMILES string of the molecule is COc1ccc(/C=C(\C#N)C(=O)NC(N)=O)cc1. The van der Waals surface area contributed by atoms with Gasteiger partial charge >= 0.3 is 6.03 Å². The van der Waals surface area contributed by atoms with Crippen LogP contribution in [0, 0.1) is 11.3 Å². The first-order chi connectivity index (χ1) is 8.56. The Balaban J connectivity index is 2.93. The van der Waals surface area contributed by atoms with Crippen LogP contribution in [0.1, 0.15) is 5.56 Å². The van der Waals surface area contributed by atoms with Gasteiger partial charge in [0.05, 0.1) is 7.11 Å². The van der Waals surface area contributed by atoms with Gasteiger partial charge in [0, 0.05) is 0 Å². The number of nitriles is 1. The maximum atomic E-state index is 11.4. The highest BCUT2D eigenvalue weighted by molar-refractivity contribution is 6.08. The standard InChI is InChI=1S/C12H11N3O3/c1-18-10-4-2-8(3-5-10)6-9(7-13)11(16)15-12(14)17/h2-6H,1H3,(H3,14,15,16,17)/b9-6+. The minimum absolute atomic E-state index is 0.209. The Bertz CT molecular complexity index is 526. The Labute approximate surface area is 104 Å². The van der Waals surface area contributed by atoms with Crippen molar-refractivity contribution >= 4 is 18.0 Å². The first-order valence-corrected chi connectivity index (χ1v) is 4.93. The number of amides is 3. The van der Waals surface area contributed by atoms with E-state index in [1.165, 1.54) is 13.2 Å². The van der Waals surface area contributed by atoms with Crippen molar-refractivity contribution in [1.29, 1.82) is 5.26 Å². The fourth-order valence-electron chi connectivity index (χ4n) is 1.19. The topological polar surface area (TPSA) is 105 Å². The van der Waals surface area contributed by atoms with Crippen molar-refractivity contribution in [2.45, 2.75) is 0 Å². The zero-order valence-corrected chi connectivity index (χ0v) is 9.64. The summed E-state index contributed by atoms with van der Waals surface area (Å²) >= 11 is 0. The molecule has 0 unspecified atom stereocenters. The van der Waals surface area contributed by atoms with E-state index in [1.807, 2.05) is 5.32 Å². The number of urea groups is 1. The van der Waals surface area contributed by atoms with Crippen LogP contribution in [-0.2, 0) is 4.79 Å². The van der Waals surface area contributed by atoms with E-state index in [0.29, 0.717) is 11.3 Å². The molecule has 0 heterocycles. The third-order valence-corrected chi connectivity index (χ3v) is 2.03. The third kappa shape index (κ3) is 3.64. The molecular formula is C12H11N3O3. The monoisotopic (exact) mass is 245 g/mol. The first kappa shape index (κ1) is 13.3. The van der Waals surface area contributed by atoms with Crippen molar-refractivity contribution in [2.75, 3.05) is 7.11 Å². The fraction of sp³-hybridized carbons (Fsp3) is 0.0833. The highest BCUT2D eigenvalue weighted by Gasteiger charge is 2.10. The molecule has 6 heteroatoms. The van der Waals surface area contributed by atoms with Crippen LogP contribution in [0.3, 0.4) is 0 Å². The van der Waals surface area contributed by atoms with Crippen LogP contribution >= 0.6 is 0 Å². The molecule has 1 aromatic carbocycles. The summed E-state index contributed by atoms with van der Waals surface area (Å²) in [5.41, 5.74) is 5.22. The highest BCUT2D eigenvalue weighted by Crippen LogP contribution is 2.13. The summed E-state index contributed by atoms with van der Waals surface area (Å²) in [6, 6.07) is 7.41. The Morgan fingerprint density at radius 1 is 1.39 bits per heavy atom. The van der Waals surface area contributed by atoms with E-state index in [9.17, 15) is 9.59 Å². The first-order valence-electron chi connectivity index (χ1n) is 4.93. The molecule has 0 saturated heterocycles. The molecule has 1 rings (SSSR count). The molecule has 0 spiro atoms. The predicted octanol–water partition coefficient (Wildman–Crippen LogP) is 0.797. The molecule has 92 valence electrons. The largest absolute Gasteiger partial charge is 0.497 e. The lowest BCUT2D eigenvalue weighted by molar-refractivity contribution is -0.115. The van der Waals surface area contributed by atoms with Crippen molar-refractivity contribution in [1.82, 2.24) is 5.32 Å². The van der Waals surface area contributed by atoms with Gasteiger partial charge in [-0.25, -0.2) is 4.79 Å². The second kappa shape index (κ2) is 6.06. The number of ether oxygens (including phenoxy) is 1. The Hall–Kier alpha value is -2.81. The second-order valence-corrected chi connectivity index (χ2v) is 3.26. The van der Waals surface area contributed by atoms with Gasteiger partial charge in [0.15, 0.2) is 0 Å². The number of carbonyl (C=O) groups excluding carboxylic acids is 2. The van der Waals surface area contributed by atoms with Gasteiger partial charge in [-0.3, -0.25) is 10.1 Å². The van der Waals surface area contributed by atoms with E-state index in [2.05, 4.69) is 0 Å². The van der Waals surface area contributed by atoms with Crippen LogP contribution in [-0.4, -0.2) is 19.0 Å². The van der Waals surface area contributed by atoms with E-state index in [1.54, 1.807) is 30.3 Å². The summed E-state index contributed by atoms with van der Waals surface area (Å²) in [5.74, 6) is -0.173. The molecule has 6 nitrogen and oxygen atoms in total. The zero-order chi connectivity index (χ0) is 13.5. The van der Waals surface area contributed by atoms with E-state index in [4.69, 9.17) is 15.7 Å². The summed E-state index contributed by atoms with van der Waals surface area (Å²) in [6.07, 6.45) is 1.34. The lowest BCUT2D eigenvalue weighted by Crippen LogP contribution is -2.35. The lowest BCUT2D eigenvalue weighted by Gasteiger charge is -2.01. The molecule has 18 heavy (non-hydrogen) atoms. The summed E-state index contributed by atoms with van der Waals surface area (Å²) < 4.78 is 4.97. The average Bonchev–Trinajstić information content (AvgIpc) is 2.35. The van der Waals surface area contributed by atoms with Crippen molar-refractivity contribution in [3.05, 3.63) is 35.4 Å². The number of benzene rings is 1. The van der Waals surface area contributed by atoms with Crippen LogP contribution in [0.2, 0.25) is 0 Å². The molecule has 0 aromatic heterocycles. The van der Waals surface area contributed by atoms with Crippen LogP contribution in [0.25, 0.3) is 6.08 Å². The summed E-state index contributed by atoms with van der Waals surface area (Å²) in [4.78, 5) is 21.9. The zero-order valence-electron chi connectivity index (χ0n) is 9.64. The van der Waals surface area contributed by atoms with E-state index in [-0.39, 0.29) is 5.57 Å². The van der Waals surface area contributed by atoms with Crippen LogP contribution in [0.15, 0.2) is 29.8 Å². The van der Waals surface area contributed by atoms with Crippen LogP contribution in [0.4, 0.5) is 4.79 Å². The molecular weight excluding hydrogens is 234 g/mol. The molecule has 0 aliphatic rings. The minimum Gasteiger partial charge on any atom is -0.497 e. The van der Waals surface area contributed by atoms with Gasteiger partial charge in [0.25, 0.3) is 5.91 Å². The van der Waals surface area contributed by atoms with E-state index in [0.717, 1.165) is 0 Å². The summed E-state index contributed by atoms with van der Waals surface area (Å²) in [6.45, 7) is 0. The lowest BCUT2D eigenvalue weighted by atomic mass is 10.1. The molecule has 0 atom stereocenters. The van der Waals surface area contributed by atoms with Gasteiger partial charge in [-0.05, 0) is 23.8 Å². The summed E-state index contributed by atoms with van der Waals surface area (Å²) in [7, 11) is 1.53. The number of nitrogens with one attached hydrogen (secondary N) is 1. The van der Waals surface area contributed by atoms with Crippen LogP contribution in [0.5, 0.6) is 5.75 Å². The number of primary amides is 1. The molecule has 0 fully saturated rings. The third-order valence-electron chi connectivity index (χ3n) is 2.03. The maximum Gasteiger partial charge on any atom is 0.319 e. The molecule has 0 bridgehead atoms. The quantitative estimate of drug-likeness (QED) is 0.606. The van der Waals surface area contributed by atoms with Gasteiger partial charge in [0.1, 0.15) is 17.4 Å². The molecule has 1 aromatic rings. The Morgan fingerprint density at radius 2 is 2.00 bits per heavy atom. The number of methoxy groups -OCH3 is 1. The Kier molecular flexibility index (Phi) is 4.46. The minimum atomic E-state index is -1.00. The van der Waals surface area contributed by atoms with E-state index >= 15 is 0 Å². The normalized spacial score (nSPS) is 10.3. The number of hydrogen-bond acceptors (Lipinski definition) is 4. The highest BCUT2D eigenvalue weighted by atomic mass is 16.5. The van der Waals surface area contributed by atoms with Gasteiger partial charge in [0.2, 0.25) is 0 Å². The molecule has 3 N–H and O–H groups in total. The van der Waals surface area contributed by atoms with Gasteiger partial charge in [-0.15, -0.1) is 0 Å². The maximum absolute atomic E-state index is 11.4. The molecule has 0 saturated carbocycles. The van der Waals surface area contributed by atoms with Crippen molar-refractivity contribution in [2.24, 2.45) is 5.73 Å². The molecule has 3 amide bonds. The number of carbonyl (C=O) groups is 2. The molecule has 0 aliphatic heterocycles. The molecule has 0 aliphatic carbocycles. The second-order valence-electron chi connectivity index (χ2n) is 3.26. The Morgan fingerprint density at radius 3 is 2.44 bits per heavy atom. The van der Waals surface area contributed by atoms with Gasteiger partial charge < -0.3 is 10.5 Å². The van der Waals surface area contributed by atoms with Crippen molar-refractivity contribution < 1.29 is 14.3 Å². The number of nitrogens with zero attached hydrogens (tertiary/aromatic N) is 1. The van der Waals surface area contributed by atoms with E-state index < -0.39 is 11.9 Å². The number of nitrogens with two attached hydrogens (primary N) is 1. The predicted molar refractivity (Wildman–Crippen MR) is 64.3 cm³/mol. The number of hydrogen-bond donors (Lipinski definition) is 2. The van der Waals surface area contributed by atoms with Gasteiger partial charge in [-0.2, -0.15) is 5.26 Å². The summed E-state index contributed by atoms with van der Waals surface area (Å²) in [5, 5.41) is 10.6.